The average molecular weight is 288 g/mol. The number of carboxylic acid groups (broad SMARTS) is 1. The predicted octanol–water partition coefficient (Wildman–Crippen LogP) is 2.13. The minimum atomic E-state index is -0.983. The van der Waals surface area contributed by atoms with Crippen LogP contribution in [0.15, 0.2) is 30.3 Å². The van der Waals surface area contributed by atoms with Gasteiger partial charge in [-0.3, -0.25) is 0 Å². The molecule has 1 amide bonds. The van der Waals surface area contributed by atoms with Crippen molar-refractivity contribution in [3.05, 3.63) is 35.9 Å². The van der Waals surface area contributed by atoms with Crippen molar-refractivity contribution >= 4 is 12.1 Å². The van der Waals surface area contributed by atoms with Crippen LogP contribution in [0.3, 0.4) is 0 Å². The van der Waals surface area contributed by atoms with Gasteiger partial charge in [0.1, 0.15) is 6.61 Å². The van der Waals surface area contributed by atoms with E-state index in [0.717, 1.165) is 0 Å². The van der Waals surface area contributed by atoms with E-state index in [1.165, 1.54) is 4.90 Å². The molecular weight excluding hydrogens is 272 g/mol. The molecule has 2 rings (SSSR count). The lowest BCUT2D eigenvalue weighted by atomic mass is 9.80. The number of amides is 1. The number of benzene rings is 1. The van der Waals surface area contributed by atoms with Crippen molar-refractivity contribution in [2.75, 3.05) is 19.7 Å². The van der Waals surface area contributed by atoms with Crippen molar-refractivity contribution < 1.29 is 19.4 Å². The van der Waals surface area contributed by atoms with Crippen molar-refractivity contribution in [3.8, 4) is 6.07 Å². The Morgan fingerprint density at radius 2 is 1.90 bits per heavy atom. The highest BCUT2D eigenvalue weighted by atomic mass is 16.5. The minimum Gasteiger partial charge on any atom is -0.465 e. The largest absolute Gasteiger partial charge is 0.465 e. The van der Waals surface area contributed by atoms with E-state index in [1.54, 1.807) is 30.3 Å². The fraction of sp³-hybridized carbons (Fsp3) is 0.400. The molecule has 1 fully saturated rings. The molecule has 21 heavy (non-hydrogen) atoms. The third-order valence-corrected chi connectivity index (χ3v) is 3.72. The van der Waals surface area contributed by atoms with Crippen LogP contribution < -0.4 is 0 Å². The van der Waals surface area contributed by atoms with Gasteiger partial charge >= 0.3 is 12.1 Å². The van der Waals surface area contributed by atoms with Crippen molar-refractivity contribution in [1.29, 1.82) is 5.26 Å². The van der Waals surface area contributed by atoms with Gasteiger partial charge in [0.05, 0.1) is 17.0 Å². The van der Waals surface area contributed by atoms with E-state index in [2.05, 4.69) is 6.07 Å². The van der Waals surface area contributed by atoms with Gasteiger partial charge in [-0.25, -0.2) is 9.59 Å². The minimum absolute atomic E-state index is 0.00924. The van der Waals surface area contributed by atoms with Gasteiger partial charge in [-0.05, 0) is 25.0 Å². The van der Waals surface area contributed by atoms with E-state index in [-0.39, 0.29) is 19.7 Å². The van der Waals surface area contributed by atoms with E-state index in [1.807, 2.05) is 0 Å². The van der Waals surface area contributed by atoms with Crippen LogP contribution in [-0.2, 0) is 4.74 Å². The first-order valence-corrected chi connectivity index (χ1v) is 6.68. The van der Waals surface area contributed by atoms with E-state index in [0.29, 0.717) is 18.4 Å². The van der Waals surface area contributed by atoms with Gasteiger partial charge in [0.2, 0.25) is 0 Å². The first-order valence-electron chi connectivity index (χ1n) is 6.68. The number of hydrogen-bond donors (Lipinski definition) is 1. The van der Waals surface area contributed by atoms with Crippen LogP contribution >= 0.6 is 0 Å². The number of hydrogen-bond acceptors (Lipinski definition) is 4. The molecule has 0 bridgehead atoms. The number of carbonyl (C=O) groups excluding carboxylic acids is 1. The smallest absolute Gasteiger partial charge is 0.407 e. The molecule has 110 valence electrons. The summed E-state index contributed by atoms with van der Waals surface area (Å²) in [7, 11) is 0. The van der Waals surface area contributed by atoms with Gasteiger partial charge < -0.3 is 14.7 Å². The summed E-state index contributed by atoms with van der Waals surface area (Å²) in [6.45, 7) is 0.558. The van der Waals surface area contributed by atoms with E-state index in [4.69, 9.17) is 9.84 Å². The molecule has 1 aromatic rings. The highest BCUT2D eigenvalue weighted by Crippen LogP contribution is 2.31. The zero-order chi connectivity index (χ0) is 15.3. The van der Waals surface area contributed by atoms with Crippen molar-refractivity contribution in [3.63, 3.8) is 0 Å². The van der Waals surface area contributed by atoms with Crippen LogP contribution in [0, 0.1) is 16.7 Å². The van der Waals surface area contributed by atoms with Crippen LogP contribution in [0.4, 0.5) is 4.79 Å². The summed E-state index contributed by atoms with van der Waals surface area (Å²) in [5.74, 6) is -0.467. The topological polar surface area (TPSA) is 90.6 Å². The molecule has 1 heterocycles. The van der Waals surface area contributed by atoms with Crippen LogP contribution in [0.25, 0.3) is 0 Å². The number of piperidine rings is 1. The fourth-order valence-corrected chi connectivity index (χ4v) is 2.28. The van der Waals surface area contributed by atoms with Gasteiger partial charge in [-0.1, -0.05) is 18.2 Å². The molecule has 1 saturated heterocycles. The lowest BCUT2D eigenvalue weighted by Gasteiger charge is -2.35. The van der Waals surface area contributed by atoms with Gasteiger partial charge in [0.25, 0.3) is 0 Å². The normalized spacial score (nSPS) is 16.8. The van der Waals surface area contributed by atoms with Gasteiger partial charge in [0.15, 0.2) is 0 Å². The number of ether oxygens (including phenoxy) is 1. The number of esters is 1. The maximum Gasteiger partial charge on any atom is 0.407 e. The Morgan fingerprint density at radius 1 is 1.29 bits per heavy atom. The van der Waals surface area contributed by atoms with Gasteiger partial charge in [-0.2, -0.15) is 5.26 Å². The predicted molar refractivity (Wildman–Crippen MR) is 73.6 cm³/mol. The Morgan fingerprint density at radius 3 is 2.43 bits per heavy atom. The Labute approximate surface area is 122 Å². The van der Waals surface area contributed by atoms with Crippen molar-refractivity contribution in [2.24, 2.45) is 5.41 Å². The molecule has 0 aliphatic carbocycles. The van der Waals surface area contributed by atoms with Gasteiger partial charge in [0, 0.05) is 13.1 Å². The number of rotatable bonds is 3. The maximum atomic E-state index is 11.9. The average Bonchev–Trinajstić information content (AvgIpc) is 2.53. The molecular formula is C15H16N2O4. The molecule has 6 nitrogen and oxygen atoms in total. The van der Waals surface area contributed by atoms with Crippen LogP contribution in [-0.4, -0.2) is 41.8 Å². The fourth-order valence-electron chi connectivity index (χ4n) is 2.28. The van der Waals surface area contributed by atoms with E-state index < -0.39 is 17.5 Å². The number of carbonyl (C=O) groups is 2. The zero-order valence-electron chi connectivity index (χ0n) is 11.5. The SMILES string of the molecule is N#CC1(COC(=O)c2ccccc2)CCN(C(=O)O)CC1. The number of likely N-dealkylation sites (tertiary alicyclic amines) is 1. The highest BCUT2D eigenvalue weighted by Gasteiger charge is 2.37. The summed E-state index contributed by atoms with van der Waals surface area (Å²) < 4.78 is 5.23. The second kappa shape index (κ2) is 6.27. The zero-order valence-corrected chi connectivity index (χ0v) is 11.5. The summed E-state index contributed by atoms with van der Waals surface area (Å²) in [5.41, 5.74) is -0.357. The second-order valence-corrected chi connectivity index (χ2v) is 5.10. The maximum absolute atomic E-state index is 11.9. The molecule has 1 aromatic carbocycles. The van der Waals surface area contributed by atoms with Crippen LogP contribution in [0.2, 0.25) is 0 Å². The summed E-state index contributed by atoms with van der Waals surface area (Å²) in [5, 5.41) is 18.2. The third-order valence-electron chi connectivity index (χ3n) is 3.72. The van der Waals surface area contributed by atoms with Gasteiger partial charge in [-0.15, -0.1) is 0 Å². The Balaban J connectivity index is 1.93. The lowest BCUT2D eigenvalue weighted by Crippen LogP contribution is -2.44. The third kappa shape index (κ3) is 3.51. The van der Waals surface area contributed by atoms with Crippen LogP contribution in [0.1, 0.15) is 23.2 Å². The molecule has 6 heteroatoms. The van der Waals surface area contributed by atoms with Crippen LogP contribution in [0.5, 0.6) is 0 Å². The number of nitrogens with zero attached hydrogens (tertiary/aromatic N) is 2. The second-order valence-electron chi connectivity index (χ2n) is 5.10. The standard InChI is InChI=1S/C15H16N2O4/c16-10-15(6-8-17(9-7-15)14(19)20)11-21-13(18)12-4-2-1-3-5-12/h1-5H,6-9,11H2,(H,19,20). The molecule has 0 aromatic heterocycles. The van der Waals surface area contributed by atoms with E-state index >= 15 is 0 Å². The number of nitriles is 1. The molecule has 0 spiro atoms. The molecule has 0 saturated carbocycles. The molecule has 1 aliphatic rings. The quantitative estimate of drug-likeness (QED) is 0.860. The summed E-state index contributed by atoms with van der Waals surface area (Å²) in [4.78, 5) is 24.0. The highest BCUT2D eigenvalue weighted by molar-refractivity contribution is 5.89. The molecule has 1 aliphatic heterocycles. The summed E-state index contributed by atoms with van der Waals surface area (Å²) in [6, 6.07) is 10.8. The van der Waals surface area contributed by atoms with E-state index in [9.17, 15) is 14.9 Å². The summed E-state index contributed by atoms with van der Waals surface area (Å²) in [6.07, 6.45) is -0.238. The Hall–Kier alpha value is -2.55. The van der Waals surface area contributed by atoms with Crippen molar-refractivity contribution in [1.82, 2.24) is 4.90 Å². The monoisotopic (exact) mass is 288 g/mol. The molecule has 0 unspecified atom stereocenters. The van der Waals surface area contributed by atoms with Crippen molar-refractivity contribution in [2.45, 2.75) is 12.8 Å². The molecule has 0 radical (unpaired) electrons. The molecule has 0 atom stereocenters. The Kier molecular flexibility index (Phi) is 4.43. The first kappa shape index (κ1) is 14.9. The first-order chi connectivity index (χ1) is 10.1. The lowest BCUT2D eigenvalue weighted by molar-refractivity contribution is 0.0243. The summed E-state index contributed by atoms with van der Waals surface area (Å²) >= 11 is 0. The molecule has 1 N–H and O–H groups in total. The Bertz CT molecular complexity index is 557.